The zero-order valence-electron chi connectivity index (χ0n) is 15.6. The Kier molecular flexibility index (Phi) is 8.94. The van der Waals surface area contributed by atoms with Gasteiger partial charge in [-0.15, -0.1) is 0 Å². The molecule has 0 spiro atoms. The summed E-state index contributed by atoms with van der Waals surface area (Å²) < 4.78 is 0. The number of unbranched alkanes of at least 4 members (excludes halogenated alkanes) is 1. The van der Waals surface area contributed by atoms with Crippen molar-refractivity contribution in [3.8, 4) is 0 Å². The predicted octanol–water partition coefficient (Wildman–Crippen LogP) is 5.75. The van der Waals surface area contributed by atoms with Gasteiger partial charge in [-0.3, -0.25) is 0 Å². The molecule has 0 aliphatic heterocycles. The lowest BCUT2D eigenvalue weighted by Crippen LogP contribution is -2.33. The molecule has 0 amide bonds. The van der Waals surface area contributed by atoms with Crippen LogP contribution in [0, 0.1) is 35.5 Å². The van der Waals surface area contributed by atoms with Crippen LogP contribution in [0.25, 0.3) is 0 Å². The normalized spacial score (nSPS) is 29.0. The van der Waals surface area contributed by atoms with Crippen molar-refractivity contribution in [2.45, 2.75) is 80.1 Å². The number of rotatable bonds is 10. The van der Waals surface area contributed by atoms with Gasteiger partial charge in [0.25, 0.3) is 0 Å². The van der Waals surface area contributed by atoms with Gasteiger partial charge in [0.1, 0.15) is 0 Å². The molecule has 126 valence electrons. The van der Waals surface area contributed by atoms with E-state index in [2.05, 4.69) is 46.9 Å². The third-order valence-electron chi connectivity index (χ3n) is 6.14. The predicted molar refractivity (Wildman–Crippen MR) is 95.6 cm³/mol. The fourth-order valence-corrected chi connectivity index (χ4v) is 4.74. The minimum absolute atomic E-state index is 0.811. The van der Waals surface area contributed by atoms with Crippen molar-refractivity contribution in [2.75, 3.05) is 13.1 Å². The molecule has 1 fully saturated rings. The second kappa shape index (κ2) is 9.87. The van der Waals surface area contributed by atoms with Gasteiger partial charge in [0.2, 0.25) is 0 Å². The Labute approximate surface area is 134 Å². The van der Waals surface area contributed by atoms with Gasteiger partial charge < -0.3 is 5.32 Å². The van der Waals surface area contributed by atoms with Crippen molar-refractivity contribution < 1.29 is 0 Å². The second-order valence-corrected chi connectivity index (χ2v) is 7.90. The Morgan fingerprint density at radius 2 is 1.81 bits per heavy atom. The van der Waals surface area contributed by atoms with Gasteiger partial charge in [0.15, 0.2) is 0 Å². The molecule has 0 aromatic rings. The molecule has 5 atom stereocenters. The maximum atomic E-state index is 3.62. The first-order chi connectivity index (χ1) is 10.0. The minimum atomic E-state index is 0.811. The van der Waals surface area contributed by atoms with E-state index in [-0.39, 0.29) is 0 Å². The van der Waals surface area contributed by atoms with Gasteiger partial charge in [-0.1, -0.05) is 67.2 Å². The molecule has 0 radical (unpaired) electrons. The lowest BCUT2D eigenvalue weighted by molar-refractivity contribution is 0.200. The molecular formula is C20H41N. The molecule has 1 aliphatic rings. The number of nitrogens with one attached hydrogen (secondary N) is 1. The molecule has 1 saturated carbocycles. The maximum absolute atomic E-state index is 3.62. The van der Waals surface area contributed by atoms with Gasteiger partial charge in [0.05, 0.1) is 0 Å². The quantitative estimate of drug-likeness (QED) is 0.541. The lowest BCUT2D eigenvalue weighted by atomic mass is 9.77. The van der Waals surface area contributed by atoms with Gasteiger partial charge in [0, 0.05) is 0 Å². The van der Waals surface area contributed by atoms with Crippen LogP contribution in [-0.4, -0.2) is 13.1 Å². The highest BCUT2D eigenvalue weighted by Crippen LogP contribution is 2.47. The summed E-state index contributed by atoms with van der Waals surface area (Å²) >= 11 is 0. The summed E-state index contributed by atoms with van der Waals surface area (Å²) in [5, 5.41) is 3.62. The zero-order valence-corrected chi connectivity index (χ0v) is 15.6. The molecule has 21 heavy (non-hydrogen) atoms. The molecule has 0 bridgehead atoms. The minimum Gasteiger partial charge on any atom is -0.317 e. The highest BCUT2D eigenvalue weighted by molar-refractivity contribution is 4.89. The first-order valence-corrected chi connectivity index (χ1v) is 9.75. The zero-order chi connectivity index (χ0) is 15.8. The highest BCUT2D eigenvalue weighted by atomic mass is 14.8. The van der Waals surface area contributed by atoms with Crippen LogP contribution in [0.3, 0.4) is 0 Å². The topological polar surface area (TPSA) is 12.0 Å². The summed E-state index contributed by atoms with van der Waals surface area (Å²) in [6.07, 6.45) is 8.64. The molecular weight excluding hydrogens is 254 g/mol. The first kappa shape index (κ1) is 19.0. The summed E-state index contributed by atoms with van der Waals surface area (Å²) in [5.41, 5.74) is 0. The van der Waals surface area contributed by atoms with E-state index in [1.54, 1.807) is 0 Å². The lowest BCUT2D eigenvalue weighted by Gasteiger charge is -2.31. The summed E-state index contributed by atoms with van der Waals surface area (Å²) in [7, 11) is 0. The van der Waals surface area contributed by atoms with Crippen molar-refractivity contribution in [1.29, 1.82) is 0 Å². The molecule has 1 nitrogen and oxygen atoms in total. The Balaban J connectivity index is 2.64. The van der Waals surface area contributed by atoms with Gasteiger partial charge in [-0.05, 0) is 61.4 Å². The number of hydrogen-bond donors (Lipinski definition) is 1. The summed E-state index contributed by atoms with van der Waals surface area (Å²) in [6.45, 7) is 16.7. The van der Waals surface area contributed by atoms with Crippen LogP contribution >= 0.6 is 0 Å². The van der Waals surface area contributed by atoms with E-state index in [1.165, 1.54) is 45.1 Å². The van der Waals surface area contributed by atoms with Crippen molar-refractivity contribution in [3.63, 3.8) is 0 Å². The van der Waals surface area contributed by atoms with E-state index in [9.17, 15) is 0 Å². The molecule has 1 aliphatic carbocycles. The fraction of sp³-hybridized carbons (Fsp3) is 1.00. The van der Waals surface area contributed by atoms with E-state index in [0.717, 1.165) is 42.1 Å². The van der Waals surface area contributed by atoms with Crippen LogP contribution in [0.15, 0.2) is 0 Å². The average molecular weight is 296 g/mol. The van der Waals surface area contributed by atoms with Crippen LogP contribution in [-0.2, 0) is 0 Å². The van der Waals surface area contributed by atoms with Crippen LogP contribution in [0.5, 0.6) is 0 Å². The third-order valence-corrected chi connectivity index (χ3v) is 6.14. The molecule has 0 aromatic heterocycles. The average Bonchev–Trinajstić information content (AvgIpc) is 2.82. The molecule has 1 rings (SSSR count). The highest BCUT2D eigenvalue weighted by Gasteiger charge is 2.39. The Bertz CT molecular complexity index is 261. The summed E-state index contributed by atoms with van der Waals surface area (Å²) in [5.74, 6) is 5.55. The van der Waals surface area contributed by atoms with E-state index in [0.29, 0.717) is 0 Å². The van der Waals surface area contributed by atoms with Crippen molar-refractivity contribution >= 4 is 0 Å². The van der Waals surface area contributed by atoms with Crippen LogP contribution in [0.4, 0.5) is 0 Å². The van der Waals surface area contributed by atoms with Crippen molar-refractivity contribution in [3.05, 3.63) is 0 Å². The molecule has 5 unspecified atom stereocenters. The first-order valence-electron chi connectivity index (χ1n) is 9.75. The molecule has 0 heterocycles. The fourth-order valence-electron chi connectivity index (χ4n) is 4.74. The van der Waals surface area contributed by atoms with Crippen LogP contribution < -0.4 is 5.32 Å². The molecule has 0 aromatic carbocycles. The van der Waals surface area contributed by atoms with Crippen LogP contribution in [0.1, 0.15) is 80.1 Å². The molecule has 1 N–H and O–H groups in total. The molecule has 0 saturated heterocycles. The van der Waals surface area contributed by atoms with Crippen molar-refractivity contribution in [1.82, 2.24) is 5.32 Å². The van der Waals surface area contributed by atoms with Crippen LogP contribution in [0.2, 0.25) is 0 Å². The third kappa shape index (κ3) is 5.58. The van der Waals surface area contributed by atoms with E-state index in [4.69, 9.17) is 0 Å². The van der Waals surface area contributed by atoms with Crippen molar-refractivity contribution in [2.24, 2.45) is 35.5 Å². The largest absolute Gasteiger partial charge is 0.317 e. The maximum Gasteiger partial charge on any atom is -0.00154 e. The summed E-state index contributed by atoms with van der Waals surface area (Å²) in [6, 6.07) is 0. The smallest absolute Gasteiger partial charge is 0.00154 e. The molecule has 1 heteroatoms. The standard InChI is InChI=1S/C20H41N/c1-7-10-11-17(8-2)18-12-16(6)19(13-18)20(15(4)5)14-21-9-3/h15-21H,7-14H2,1-6H3. The summed E-state index contributed by atoms with van der Waals surface area (Å²) in [4.78, 5) is 0. The SMILES string of the molecule is CCCCC(CC)C1CC(C)C(C(CNCC)C(C)C)C1. The second-order valence-electron chi connectivity index (χ2n) is 7.90. The van der Waals surface area contributed by atoms with E-state index >= 15 is 0 Å². The Hall–Kier alpha value is -0.0400. The van der Waals surface area contributed by atoms with Gasteiger partial charge >= 0.3 is 0 Å². The monoisotopic (exact) mass is 295 g/mol. The van der Waals surface area contributed by atoms with E-state index in [1.807, 2.05) is 0 Å². The van der Waals surface area contributed by atoms with Gasteiger partial charge in [-0.25, -0.2) is 0 Å². The Morgan fingerprint density at radius 1 is 1.10 bits per heavy atom. The van der Waals surface area contributed by atoms with E-state index < -0.39 is 0 Å². The number of hydrogen-bond acceptors (Lipinski definition) is 1. The van der Waals surface area contributed by atoms with Gasteiger partial charge in [-0.2, -0.15) is 0 Å². The Morgan fingerprint density at radius 3 is 2.33 bits per heavy atom.